The van der Waals surface area contributed by atoms with E-state index in [0.29, 0.717) is 5.92 Å². The molecular formula is C20H24N6. The molecule has 0 unspecified atom stereocenters. The zero-order valence-electron chi connectivity index (χ0n) is 14.8. The van der Waals surface area contributed by atoms with Crippen LogP contribution in [0.1, 0.15) is 24.2 Å². The van der Waals surface area contributed by atoms with Crippen LogP contribution in [0.5, 0.6) is 0 Å². The number of nitrogens with zero attached hydrogens (tertiary/aromatic N) is 4. The molecule has 4 heterocycles. The molecule has 0 spiro atoms. The maximum Gasteiger partial charge on any atom is 0.131 e. The molecule has 1 aliphatic heterocycles. The summed E-state index contributed by atoms with van der Waals surface area (Å²) in [5, 5.41) is 3.28. The highest BCUT2D eigenvalue weighted by atomic mass is 15.1. The number of aromatic nitrogens is 4. The van der Waals surface area contributed by atoms with E-state index >= 15 is 0 Å². The van der Waals surface area contributed by atoms with E-state index in [2.05, 4.69) is 37.3 Å². The molecule has 0 aliphatic carbocycles. The molecule has 0 aromatic carbocycles. The normalized spacial score (nSPS) is 17.9. The van der Waals surface area contributed by atoms with Crippen LogP contribution in [0.4, 0.5) is 11.6 Å². The fraction of sp³-hybridized carbons (Fsp3) is 0.350. The average molecular weight is 348 g/mol. The molecule has 3 aromatic heterocycles. The van der Waals surface area contributed by atoms with Crippen molar-refractivity contribution < 1.29 is 0 Å². The number of anilines is 2. The summed E-state index contributed by atoms with van der Waals surface area (Å²) >= 11 is 0. The van der Waals surface area contributed by atoms with Crippen LogP contribution in [-0.4, -0.2) is 37.9 Å². The predicted molar refractivity (Wildman–Crippen MR) is 102 cm³/mol. The van der Waals surface area contributed by atoms with Gasteiger partial charge in [-0.15, -0.1) is 0 Å². The number of likely N-dealkylation sites (tertiary alicyclic amines) is 1. The van der Waals surface area contributed by atoms with E-state index in [-0.39, 0.29) is 0 Å². The number of H-pyrrole nitrogens is 1. The first kappa shape index (κ1) is 16.7. The second-order valence-electron chi connectivity index (χ2n) is 6.88. The van der Waals surface area contributed by atoms with Gasteiger partial charge in [-0.3, -0.25) is 4.90 Å². The van der Waals surface area contributed by atoms with Gasteiger partial charge in [0.2, 0.25) is 0 Å². The Hall–Kier alpha value is -2.73. The Balaban J connectivity index is 1.36. The van der Waals surface area contributed by atoms with E-state index in [1.54, 1.807) is 12.5 Å². The minimum atomic E-state index is 0.643. The van der Waals surface area contributed by atoms with Gasteiger partial charge in [0.1, 0.15) is 11.6 Å². The van der Waals surface area contributed by atoms with Crippen molar-refractivity contribution in [3.63, 3.8) is 0 Å². The van der Waals surface area contributed by atoms with Crippen molar-refractivity contribution in [3.05, 3.63) is 66.5 Å². The second-order valence-corrected chi connectivity index (χ2v) is 6.88. The molecule has 6 heteroatoms. The molecule has 0 bridgehead atoms. The van der Waals surface area contributed by atoms with Gasteiger partial charge in [0, 0.05) is 36.9 Å². The zero-order chi connectivity index (χ0) is 17.6. The van der Waals surface area contributed by atoms with Gasteiger partial charge in [0.05, 0.1) is 6.33 Å². The van der Waals surface area contributed by atoms with E-state index < -0.39 is 0 Å². The van der Waals surface area contributed by atoms with Crippen molar-refractivity contribution in [1.29, 1.82) is 0 Å². The van der Waals surface area contributed by atoms with E-state index in [4.69, 9.17) is 4.98 Å². The van der Waals surface area contributed by atoms with Crippen LogP contribution in [0.25, 0.3) is 0 Å². The van der Waals surface area contributed by atoms with Gasteiger partial charge >= 0.3 is 0 Å². The van der Waals surface area contributed by atoms with Gasteiger partial charge in [0.25, 0.3) is 0 Å². The maximum absolute atomic E-state index is 4.78. The lowest BCUT2D eigenvalue weighted by Crippen LogP contribution is -2.35. The van der Waals surface area contributed by atoms with Crippen molar-refractivity contribution in [2.24, 2.45) is 5.92 Å². The lowest BCUT2D eigenvalue weighted by molar-refractivity contribution is 0.165. The Morgan fingerprint density at radius 3 is 2.96 bits per heavy atom. The van der Waals surface area contributed by atoms with E-state index in [9.17, 15) is 0 Å². The van der Waals surface area contributed by atoms with Crippen molar-refractivity contribution >= 4 is 11.6 Å². The van der Waals surface area contributed by atoms with E-state index in [1.165, 1.54) is 18.5 Å². The van der Waals surface area contributed by atoms with Crippen molar-refractivity contribution in [2.45, 2.75) is 25.8 Å². The molecule has 4 rings (SSSR count). The monoisotopic (exact) mass is 348 g/mol. The first-order valence-corrected chi connectivity index (χ1v) is 9.19. The molecule has 0 amide bonds. The second kappa shape index (κ2) is 8.10. The van der Waals surface area contributed by atoms with Gasteiger partial charge in [0.15, 0.2) is 0 Å². The third-order valence-electron chi connectivity index (χ3n) is 4.78. The molecule has 26 heavy (non-hydrogen) atoms. The minimum Gasteiger partial charge on any atom is -0.347 e. The molecule has 1 atom stereocenters. The van der Waals surface area contributed by atoms with Crippen LogP contribution in [0.15, 0.2) is 55.1 Å². The molecule has 0 radical (unpaired) electrons. The van der Waals surface area contributed by atoms with Crippen LogP contribution < -0.4 is 5.32 Å². The van der Waals surface area contributed by atoms with Gasteiger partial charge in [-0.05, 0) is 56.0 Å². The zero-order valence-corrected chi connectivity index (χ0v) is 14.8. The number of aromatic amines is 1. The van der Waals surface area contributed by atoms with Crippen molar-refractivity contribution in [3.8, 4) is 0 Å². The lowest BCUT2D eigenvalue weighted by Gasteiger charge is -2.32. The summed E-state index contributed by atoms with van der Waals surface area (Å²) < 4.78 is 0. The number of imidazole rings is 1. The number of rotatable bonds is 6. The summed E-state index contributed by atoms with van der Waals surface area (Å²) in [6, 6.07) is 12.0. The Labute approximate surface area is 153 Å². The first-order valence-electron chi connectivity index (χ1n) is 9.19. The molecular weight excluding hydrogens is 324 g/mol. The summed E-state index contributed by atoms with van der Waals surface area (Å²) in [4.78, 5) is 18.9. The number of pyridine rings is 2. The SMILES string of the molecule is c1ccc(Nc2cccc(C[C@H]3CCCN(Cc4cnc[nH]4)C3)n2)nc1. The number of hydrogen-bond acceptors (Lipinski definition) is 5. The predicted octanol–water partition coefficient (Wildman–Crippen LogP) is 3.40. The number of piperidine rings is 1. The minimum absolute atomic E-state index is 0.643. The van der Waals surface area contributed by atoms with Gasteiger partial charge in [-0.1, -0.05) is 12.1 Å². The van der Waals surface area contributed by atoms with Gasteiger partial charge in [-0.2, -0.15) is 0 Å². The molecule has 3 aromatic rings. The number of nitrogens with one attached hydrogen (secondary N) is 2. The highest BCUT2D eigenvalue weighted by molar-refractivity contribution is 5.51. The highest BCUT2D eigenvalue weighted by Crippen LogP contribution is 2.22. The van der Waals surface area contributed by atoms with Gasteiger partial charge in [-0.25, -0.2) is 15.0 Å². The molecule has 1 aliphatic rings. The fourth-order valence-electron chi connectivity index (χ4n) is 3.60. The van der Waals surface area contributed by atoms with E-state index in [0.717, 1.165) is 43.4 Å². The van der Waals surface area contributed by atoms with Crippen LogP contribution in [-0.2, 0) is 13.0 Å². The average Bonchev–Trinajstić information content (AvgIpc) is 3.16. The third-order valence-corrected chi connectivity index (χ3v) is 4.78. The third kappa shape index (κ3) is 4.46. The summed E-state index contributed by atoms with van der Waals surface area (Å²) in [5.74, 6) is 2.32. The summed E-state index contributed by atoms with van der Waals surface area (Å²) in [5.41, 5.74) is 2.32. The number of hydrogen-bond donors (Lipinski definition) is 2. The summed E-state index contributed by atoms with van der Waals surface area (Å²) in [6.07, 6.45) is 8.96. The Morgan fingerprint density at radius 2 is 2.12 bits per heavy atom. The van der Waals surface area contributed by atoms with Crippen LogP contribution in [0.3, 0.4) is 0 Å². The topological polar surface area (TPSA) is 69.7 Å². The van der Waals surface area contributed by atoms with Crippen molar-refractivity contribution in [2.75, 3.05) is 18.4 Å². The Bertz CT molecular complexity index is 802. The molecule has 0 saturated carbocycles. The molecule has 134 valence electrons. The highest BCUT2D eigenvalue weighted by Gasteiger charge is 2.21. The molecule has 1 saturated heterocycles. The molecule has 1 fully saturated rings. The smallest absolute Gasteiger partial charge is 0.131 e. The van der Waals surface area contributed by atoms with Crippen LogP contribution in [0.2, 0.25) is 0 Å². The maximum atomic E-state index is 4.78. The summed E-state index contributed by atoms with van der Waals surface area (Å²) in [7, 11) is 0. The van der Waals surface area contributed by atoms with Crippen LogP contribution >= 0.6 is 0 Å². The van der Waals surface area contributed by atoms with Gasteiger partial charge < -0.3 is 10.3 Å². The standard InChI is InChI=1S/C20H24N6/c1-2-9-22-19(7-1)25-20-8-3-6-17(24-20)11-16-5-4-10-26(13-16)14-18-12-21-15-23-18/h1-3,6-9,12,15-16H,4-5,10-11,13-14H2,(H,21,23)(H,22,24,25)/t16-/m1/s1. The Morgan fingerprint density at radius 1 is 1.15 bits per heavy atom. The quantitative estimate of drug-likeness (QED) is 0.714. The molecule has 6 nitrogen and oxygen atoms in total. The summed E-state index contributed by atoms with van der Waals surface area (Å²) in [6.45, 7) is 3.22. The largest absolute Gasteiger partial charge is 0.347 e. The van der Waals surface area contributed by atoms with E-state index in [1.807, 2.05) is 30.5 Å². The first-order chi connectivity index (χ1) is 12.8. The van der Waals surface area contributed by atoms with Crippen LogP contribution in [0, 0.1) is 5.92 Å². The molecule has 2 N–H and O–H groups in total. The Kier molecular flexibility index (Phi) is 5.21. The fourth-order valence-corrected chi connectivity index (χ4v) is 3.60. The lowest BCUT2D eigenvalue weighted by atomic mass is 9.93. The van der Waals surface area contributed by atoms with Crippen molar-refractivity contribution in [1.82, 2.24) is 24.8 Å².